The van der Waals surface area contributed by atoms with E-state index in [9.17, 15) is 10.2 Å². The SMILES string of the molecule is CC(C)CCC[C@@H](C)[C@H]1CC[C@H]2[C@@H]3CC[C@H]4C[C@@](C)(O)[C@@](C)(O)C[C@]4(C)[C@H]3CC[C@]12C. The molecule has 2 heteroatoms. The fourth-order valence-corrected chi connectivity index (χ4v) is 9.80. The lowest BCUT2D eigenvalue weighted by Gasteiger charge is -2.64. The molecular formula is C29H52O2. The van der Waals surface area contributed by atoms with Crippen LogP contribution in [0.15, 0.2) is 0 Å². The standard InChI is InChI=1S/C29H52O2/c1-19(2)9-8-10-20(3)23-13-14-24-22-12-11-21-17-28(6,30)29(7,31)18-27(21,5)25(22)15-16-26(23,24)4/h19-25,30-31H,8-18H2,1-7H3/t20-,21+,22+,23-,24+,25+,26-,27+,28-,29+/m1/s1. The van der Waals surface area contributed by atoms with Gasteiger partial charge in [-0.2, -0.15) is 0 Å². The Hall–Kier alpha value is -0.0800. The Morgan fingerprint density at radius 2 is 1.45 bits per heavy atom. The van der Waals surface area contributed by atoms with E-state index < -0.39 is 11.2 Å². The van der Waals surface area contributed by atoms with Gasteiger partial charge in [-0.1, -0.05) is 53.9 Å². The maximum Gasteiger partial charge on any atom is 0.0908 e. The largest absolute Gasteiger partial charge is 0.387 e. The number of rotatable bonds is 5. The van der Waals surface area contributed by atoms with Gasteiger partial charge in [0.05, 0.1) is 11.2 Å². The predicted molar refractivity (Wildman–Crippen MR) is 130 cm³/mol. The molecule has 180 valence electrons. The minimum Gasteiger partial charge on any atom is -0.387 e. The molecule has 0 radical (unpaired) electrons. The second kappa shape index (κ2) is 8.00. The van der Waals surface area contributed by atoms with E-state index in [0.29, 0.717) is 11.3 Å². The van der Waals surface area contributed by atoms with Crippen LogP contribution < -0.4 is 0 Å². The summed E-state index contributed by atoms with van der Waals surface area (Å²) >= 11 is 0. The van der Waals surface area contributed by atoms with E-state index in [1.54, 1.807) is 0 Å². The van der Waals surface area contributed by atoms with E-state index in [-0.39, 0.29) is 5.41 Å². The number of aliphatic hydroxyl groups is 2. The number of hydrogen-bond donors (Lipinski definition) is 2. The van der Waals surface area contributed by atoms with Crippen molar-refractivity contribution in [2.45, 2.75) is 130 Å². The van der Waals surface area contributed by atoms with Gasteiger partial charge in [-0.05, 0) is 117 Å². The van der Waals surface area contributed by atoms with E-state index in [2.05, 4.69) is 34.6 Å². The molecule has 0 saturated heterocycles. The lowest BCUT2D eigenvalue weighted by Crippen LogP contribution is -2.64. The molecule has 0 heterocycles. The summed E-state index contributed by atoms with van der Waals surface area (Å²) in [6.45, 7) is 16.2. The Balaban J connectivity index is 1.51. The van der Waals surface area contributed by atoms with Crippen molar-refractivity contribution < 1.29 is 10.2 Å². The molecule has 0 amide bonds. The lowest BCUT2D eigenvalue weighted by molar-refractivity contribution is -0.232. The lowest BCUT2D eigenvalue weighted by atomic mass is 9.42. The zero-order valence-corrected chi connectivity index (χ0v) is 21.7. The monoisotopic (exact) mass is 432 g/mol. The van der Waals surface area contributed by atoms with Crippen molar-refractivity contribution in [1.82, 2.24) is 0 Å². The van der Waals surface area contributed by atoms with E-state index >= 15 is 0 Å². The first kappa shape index (κ1) is 24.1. The van der Waals surface area contributed by atoms with Crippen LogP contribution in [0, 0.1) is 52.3 Å². The van der Waals surface area contributed by atoms with Gasteiger partial charge in [0, 0.05) is 0 Å². The highest BCUT2D eigenvalue weighted by atomic mass is 16.4. The highest BCUT2D eigenvalue weighted by Gasteiger charge is 2.64. The third-order valence-electron chi connectivity index (χ3n) is 11.8. The molecule has 2 N–H and O–H groups in total. The Bertz CT molecular complexity index is 651. The number of fused-ring (bicyclic) bond motifs is 5. The van der Waals surface area contributed by atoms with Crippen LogP contribution in [-0.4, -0.2) is 21.4 Å². The van der Waals surface area contributed by atoms with Crippen LogP contribution in [0.25, 0.3) is 0 Å². The van der Waals surface area contributed by atoms with Gasteiger partial charge in [-0.3, -0.25) is 0 Å². The van der Waals surface area contributed by atoms with Crippen LogP contribution in [-0.2, 0) is 0 Å². The quantitative estimate of drug-likeness (QED) is 0.481. The molecule has 0 unspecified atom stereocenters. The van der Waals surface area contributed by atoms with Crippen molar-refractivity contribution in [2.24, 2.45) is 52.3 Å². The van der Waals surface area contributed by atoms with Crippen molar-refractivity contribution in [3.05, 3.63) is 0 Å². The minimum absolute atomic E-state index is 0.191. The average Bonchev–Trinajstić information content (AvgIpc) is 2.99. The molecule has 31 heavy (non-hydrogen) atoms. The zero-order valence-electron chi connectivity index (χ0n) is 21.7. The Morgan fingerprint density at radius 1 is 0.774 bits per heavy atom. The Kier molecular flexibility index (Phi) is 6.21. The molecule has 4 aliphatic carbocycles. The maximum atomic E-state index is 11.2. The van der Waals surface area contributed by atoms with Crippen molar-refractivity contribution in [1.29, 1.82) is 0 Å². The van der Waals surface area contributed by atoms with E-state index in [1.807, 2.05) is 13.8 Å². The molecule has 4 aliphatic rings. The summed E-state index contributed by atoms with van der Waals surface area (Å²) in [5.41, 5.74) is -1.19. The molecule has 4 rings (SSSR count). The first-order chi connectivity index (χ1) is 14.3. The van der Waals surface area contributed by atoms with Crippen LogP contribution in [0.3, 0.4) is 0 Å². The highest BCUT2D eigenvalue weighted by Crippen LogP contribution is 2.69. The van der Waals surface area contributed by atoms with E-state index in [4.69, 9.17) is 0 Å². The normalized spacial score (nSPS) is 53.0. The smallest absolute Gasteiger partial charge is 0.0908 e. The average molecular weight is 433 g/mol. The molecule has 4 saturated carbocycles. The van der Waals surface area contributed by atoms with Crippen LogP contribution in [0.4, 0.5) is 0 Å². The van der Waals surface area contributed by atoms with Gasteiger partial charge in [-0.25, -0.2) is 0 Å². The summed E-state index contributed by atoms with van der Waals surface area (Å²) in [4.78, 5) is 0. The summed E-state index contributed by atoms with van der Waals surface area (Å²) < 4.78 is 0. The Morgan fingerprint density at radius 3 is 2.13 bits per heavy atom. The van der Waals surface area contributed by atoms with Crippen molar-refractivity contribution >= 4 is 0 Å². The van der Waals surface area contributed by atoms with Crippen LogP contribution >= 0.6 is 0 Å². The van der Waals surface area contributed by atoms with Gasteiger partial charge >= 0.3 is 0 Å². The van der Waals surface area contributed by atoms with Crippen LogP contribution in [0.5, 0.6) is 0 Å². The topological polar surface area (TPSA) is 40.5 Å². The van der Waals surface area contributed by atoms with Crippen molar-refractivity contribution in [3.63, 3.8) is 0 Å². The summed E-state index contributed by atoms with van der Waals surface area (Å²) in [7, 11) is 0. The van der Waals surface area contributed by atoms with Crippen LogP contribution in [0.1, 0.15) is 119 Å². The third kappa shape index (κ3) is 3.84. The van der Waals surface area contributed by atoms with Gasteiger partial charge in [0.1, 0.15) is 0 Å². The molecule has 0 bridgehead atoms. The van der Waals surface area contributed by atoms with Crippen molar-refractivity contribution in [3.8, 4) is 0 Å². The highest BCUT2D eigenvalue weighted by molar-refractivity contribution is 5.14. The summed E-state index contributed by atoms with van der Waals surface area (Å²) in [5.74, 6) is 5.64. The Labute approximate surface area is 193 Å². The third-order valence-corrected chi connectivity index (χ3v) is 11.8. The second-order valence-corrected chi connectivity index (χ2v) is 14.1. The maximum absolute atomic E-state index is 11.2. The molecule has 0 aliphatic heterocycles. The summed E-state index contributed by atoms with van der Waals surface area (Å²) in [6, 6.07) is 0. The molecule has 0 aromatic rings. The van der Waals surface area contributed by atoms with Gasteiger partial charge in [0.15, 0.2) is 0 Å². The first-order valence-corrected chi connectivity index (χ1v) is 13.8. The van der Waals surface area contributed by atoms with Crippen molar-refractivity contribution in [2.75, 3.05) is 0 Å². The molecule has 0 spiro atoms. The van der Waals surface area contributed by atoms with Gasteiger partial charge in [-0.15, -0.1) is 0 Å². The fraction of sp³-hybridized carbons (Fsp3) is 1.00. The van der Waals surface area contributed by atoms with Gasteiger partial charge in [0.2, 0.25) is 0 Å². The summed E-state index contributed by atoms with van der Waals surface area (Å²) in [5, 5.41) is 22.2. The molecule has 4 fully saturated rings. The van der Waals surface area contributed by atoms with Crippen LogP contribution in [0.2, 0.25) is 0 Å². The fourth-order valence-electron chi connectivity index (χ4n) is 9.80. The zero-order chi connectivity index (χ0) is 22.8. The first-order valence-electron chi connectivity index (χ1n) is 13.8. The van der Waals surface area contributed by atoms with E-state index in [0.717, 1.165) is 48.3 Å². The molecule has 2 nitrogen and oxygen atoms in total. The molecule has 0 aromatic carbocycles. The molecule has 0 aromatic heterocycles. The molecule has 10 atom stereocenters. The summed E-state index contributed by atoms with van der Waals surface area (Å²) in [6.07, 6.45) is 14.0. The molecular weight excluding hydrogens is 380 g/mol. The number of hydrogen-bond acceptors (Lipinski definition) is 2. The van der Waals surface area contributed by atoms with Gasteiger partial charge < -0.3 is 10.2 Å². The van der Waals surface area contributed by atoms with Gasteiger partial charge in [0.25, 0.3) is 0 Å². The second-order valence-electron chi connectivity index (χ2n) is 14.1. The predicted octanol–water partition coefficient (Wildman–Crippen LogP) is 7.22. The van der Waals surface area contributed by atoms with E-state index in [1.165, 1.54) is 57.8 Å². The minimum atomic E-state index is -0.968.